The van der Waals surface area contributed by atoms with Crippen molar-refractivity contribution in [1.29, 1.82) is 0 Å². The summed E-state index contributed by atoms with van der Waals surface area (Å²) in [4.78, 5) is 68.2. The summed E-state index contributed by atoms with van der Waals surface area (Å²) in [5.74, 6) is -2.77. The van der Waals surface area contributed by atoms with Crippen LogP contribution in [0.25, 0.3) is 0 Å². The third kappa shape index (κ3) is 14.9. The Morgan fingerprint density at radius 1 is 0.826 bits per heavy atom. The van der Waals surface area contributed by atoms with Gasteiger partial charge in [-0.05, 0) is 43.9 Å². The molecule has 0 unspecified atom stereocenters. The molecule has 1 rings (SSSR count). The maximum absolute atomic E-state index is 13.5. The molecule has 1 aromatic rings. The van der Waals surface area contributed by atoms with Crippen molar-refractivity contribution < 1.29 is 34.2 Å². The SMILES string of the molecule is CC[C@@H](Cc1nc(C)cs1)C(=O)N[C@@H](CNC(=O)O)C(=O)N[C@@H](CC(C)C)[C@H](O)C[C@@H](C)C(=O)N[C@H](C(=O)NCC(C)C)C(C)C. The lowest BCUT2D eigenvalue weighted by molar-refractivity contribution is -0.133. The zero-order valence-electron chi connectivity index (χ0n) is 28.8. The summed E-state index contributed by atoms with van der Waals surface area (Å²) in [6.07, 6.45) is -1.27. The van der Waals surface area contributed by atoms with Crippen LogP contribution in [0.5, 0.6) is 0 Å². The quantitative estimate of drug-likeness (QED) is 0.110. The molecule has 1 heterocycles. The second kappa shape index (κ2) is 20.1. The van der Waals surface area contributed by atoms with E-state index >= 15 is 0 Å². The minimum atomic E-state index is -1.35. The number of nitrogens with zero attached hydrogens (tertiary/aromatic N) is 1. The van der Waals surface area contributed by atoms with Crippen LogP contribution in [0.1, 0.15) is 85.4 Å². The summed E-state index contributed by atoms with van der Waals surface area (Å²) in [7, 11) is 0. The van der Waals surface area contributed by atoms with E-state index in [9.17, 15) is 34.2 Å². The second-order valence-corrected chi connectivity index (χ2v) is 14.2. The predicted octanol–water partition coefficient (Wildman–Crippen LogP) is 2.60. The van der Waals surface area contributed by atoms with Gasteiger partial charge in [0.25, 0.3) is 0 Å². The molecule has 0 aliphatic carbocycles. The van der Waals surface area contributed by atoms with Gasteiger partial charge >= 0.3 is 6.09 Å². The number of nitrogens with one attached hydrogen (secondary N) is 5. The Hall–Kier alpha value is -3.26. The highest BCUT2D eigenvalue weighted by atomic mass is 32.1. The van der Waals surface area contributed by atoms with Crippen molar-refractivity contribution >= 4 is 41.1 Å². The molecule has 0 bridgehead atoms. The normalized spacial score (nSPS) is 15.4. The van der Waals surface area contributed by atoms with Gasteiger partial charge in [-0.25, -0.2) is 9.78 Å². The monoisotopic (exact) mass is 668 g/mol. The van der Waals surface area contributed by atoms with Crippen molar-refractivity contribution in [3.63, 3.8) is 0 Å². The third-order valence-corrected chi connectivity index (χ3v) is 8.52. The topological polar surface area (TPSA) is 199 Å². The Morgan fingerprint density at radius 2 is 1.48 bits per heavy atom. The highest BCUT2D eigenvalue weighted by molar-refractivity contribution is 7.09. The van der Waals surface area contributed by atoms with Gasteiger partial charge in [-0.2, -0.15) is 0 Å². The number of aliphatic hydroxyl groups is 1. The third-order valence-electron chi connectivity index (χ3n) is 7.53. The molecule has 1 aromatic heterocycles. The Morgan fingerprint density at radius 3 is 1.98 bits per heavy atom. The van der Waals surface area contributed by atoms with E-state index in [-0.39, 0.29) is 36.6 Å². The van der Waals surface area contributed by atoms with Crippen LogP contribution in [-0.4, -0.2) is 82.2 Å². The van der Waals surface area contributed by atoms with Crippen molar-refractivity contribution in [3.05, 3.63) is 16.1 Å². The van der Waals surface area contributed by atoms with Gasteiger partial charge in [-0.1, -0.05) is 55.4 Å². The smallest absolute Gasteiger partial charge is 0.404 e. The standard InChI is InChI=1S/C32H56N6O7S/c1-10-22(13-26-35-21(9)16-46-26)29(41)37-24(15-34-32(44)45)30(42)36-23(11-17(2)3)25(39)12-20(8)28(40)38-27(19(6)7)31(43)33-14-18(4)5/h16-20,22-25,27,34,39H,10-15H2,1-9H3,(H,33,43)(H,36,42)(H,37,41)(H,38,40)(H,44,45)/t20-,22+,23+,24+,25-,27+/m1/s1. The van der Waals surface area contributed by atoms with Crippen molar-refractivity contribution in [2.75, 3.05) is 13.1 Å². The first-order valence-corrected chi connectivity index (χ1v) is 17.1. The van der Waals surface area contributed by atoms with Gasteiger partial charge in [0, 0.05) is 35.9 Å². The summed E-state index contributed by atoms with van der Waals surface area (Å²) < 4.78 is 0. The summed E-state index contributed by atoms with van der Waals surface area (Å²) in [6.45, 7) is 16.9. The van der Waals surface area contributed by atoms with Crippen molar-refractivity contribution in [1.82, 2.24) is 31.6 Å². The molecule has 13 nitrogen and oxygen atoms in total. The first kappa shape index (κ1) is 40.8. The van der Waals surface area contributed by atoms with E-state index in [1.54, 1.807) is 6.92 Å². The average molecular weight is 669 g/mol. The zero-order chi connectivity index (χ0) is 35.1. The van der Waals surface area contributed by atoms with E-state index < -0.39 is 59.9 Å². The van der Waals surface area contributed by atoms with Crippen molar-refractivity contribution in [2.45, 2.75) is 112 Å². The van der Waals surface area contributed by atoms with Crippen LogP contribution in [0.2, 0.25) is 0 Å². The lowest BCUT2D eigenvalue weighted by Crippen LogP contribution is -2.57. The van der Waals surface area contributed by atoms with Gasteiger partial charge in [-0.15, -0.1) is 11.3 Å². The van der Waals surface area contributed by atoms with E-state index in [2.05, 4.69) is 31.6 Å². The predicted molar refractivity (Wildman–Crippen MR) is 178 cm³/mol. The first-order chi connectivity index (χ1) is 21.4. The van der Waals surface area contributed by atoms with Crippen LogP contribution >= 0.6 is 11.3 Å². The molecule has 0 saturated carbocycles. The Labute approximate surface area is 277 Å². The van der Waals surface area contributed by atoms with E-state index in [0.717, 1.165) is 10.7 Å². The first-order valence-electron chi connectivity index (χ1n) is 16.2. The summed E-state index contributed by atoms with van der Waals surface area (Å²) in [5, 5.41) is 36.4. The number of thiazole rings is 1. The minimum absolute atomic E-state index is 0.00251. The van der Waals surface area contributed by atoms with Gasteiger partial charge in [-0.3, -0.25) is 19.2 Å². The molecule has 0 fully saturated rings. The molecular formula is C32H56N6O7S. The van der Waals surface area contributed by atoms with E-state index in [4.69, 9.17) is 0 Å². The van der Waals surface area contributed by atoms with Crippen LogP contribution < -0.4 is 26.6 Å². The lowest BCUT2D eigenvalue weighted by atomic mass is 9.91. The fourth-order valence-electron chi connectivity index (χ4n) is 4.80. The van der Waals surface area contributed by atoms with Crippen LogP contribution in [-0.2, 0) is 25.6 Å². The molecule has 14 heteroatoms. The number of hydrogen-bond donors (Lipinski definition) is 7. The van der Waals surface area contributed by atoms with Crippen LogP contribution in [0, 0.1) is 36.5 Å². The molecule has 0 radical (unpaired) electrons. The number of carbonyl (C=O) groups excluding carboxylic acids is 4. The van der Waals surface area contributed by atoms with Gasteiger partial charge in [0.05, 0.1) is 23.7 Å². The number of aromatic nitrogens is 1. The van der Waals surface area contributed by atoms with Crippen LogP contribution in [0.4, 0.5) is 4.79 Å². The minimum Gasteiger partial charge on any atom is -0.465 e. The summed E-state index contributed by atoms with van der Waals surface area (Å²) in [6, 6.07) is -2.77. The summed E-state index contributed by atoms with van der Waals surface area (Å²) in [5.41, 5.74) is 0.853. The largest absolute Gasteiger partial charge is 0.465 e. The van der Waals surface area contributed by atoms with Gasteiger partial charge < -0.3 is 36.8 Å². The van der Waals surface area contributed by atoms with Gasteiger partial charge in [0.2, 0.25) is 23.6 Å². The maximum Gasteiger partial charge on any atom is 0.404 e. The lowest BCUT2D eigenvalue weighted by Gasteiger charge is -2.30. The van der Waals surface area contributed by atoms with Crippen molar-refractivity contribution in [3.8, 4) is 0 Å². The molecule has 46 heavy (non-hydrogen) atoms. The van der Waals surface area contributed by atoms with Crippen LogP contribution in [0.15, 0.2) is 5.38 Å². The maximum atomic E-state index is 13.5. The Balaban J connectivity index is 3.02. The number of aliphatic hydroxyl groups excluding tert-OH is 1. The molecule has 0 aliphatic heterocycles. The molecule has 0 aromatic carbocycles. The van der Waals surface area contributed by atoms with Gasteiger partial charge in [0.15, 0.2) is 0 Å². The van der Waals surface area contributed by atoms with Crippen LogP contribution in [0.3, 0.4) is 0 Å². The fourth-order valence-corrected chi connectivity index (χ4v) is 5.65. The van der Waals surface area contributed by atoms with Gasteiger partial charge in [0.1, 0.15) is 12.1 Å². The fraction of sp³-hybridized carbons (Fsp3) is 0.750. The summed E-state index contributed by atoms with van der Waals surface area (Å²) >= 11 is 1.45. The molecule has 5 amide bonds. The molecule has 0 aliphatic rings. The number of hydrogen-bond acceptors (Lipinski definition) is 8. The Kier molecular flexibility index (Phi) is 17.8. The van der Waals surface area contributed by atoms with E-state index in [0.29, 0.717) is 25.8 Å². The molecule has 6 atom stereocenters. The zero-order valence-corrected chi connectivity index (χ0v) is 29.6. The number of amides is 5. The molecule has 0 saturated heterocycles. The Bertz CT molecular complexity index is 1140. The van der Waals surface area contributed by atoms with E-state index in [1.165, 1.54) is 11.3 Å². The van der Waals surface area contributed by atoms with Crippen molar-refractivity contribution in [2.24, 2.45) is 29.6 Å². The molecular weight excluding hydrogens is 612 g/mol. The number of carboxylic acid groups (broad SMARTS) is 1. The molecule has 7 N–H and O–H groups in total. The number of rotatable bonds is 20. The van der Waals surface area contributed by atoms with E-state index in [1.807, 2.05) is 60.8 Å². The number of aryl methyl sites for hydroxylation is 1. The highest BCUT2D eigenvalue weighted by Crippen LogP contribution is 2.18. The molecule has 262 valence electrons. The second-order valence-electron chi connectivity index (χ2n) is 13.3. The highest BCUT2D eigenvalue weighted by Gasteiger charge is 2.32. The number of carbonyl (C=O) groups is 5. The molecule has 0 spiro atoms. The average Bonchev–Trinajstić information content (AvgIpc) is 3.38.